The van der Waals surface area contributed by atoms with Crippen molar-refractivity contribution in [1.82, 2.24) is 14.7 Å². The van der Waals surface area contributed by atoms with E-state index in [0.717, 1.165) is 11.3 Å². The van der Waals surface area contributed by atoms with Gasteiger partial charge in [0.15, 0.2) is 5.69 Å². The highest BCUT2D eigenvalue weighted by molar-refractivity contribution is 5.94. The van der Waals surface area contributed by atoms with Crippen LogP contribution in [0.15, 0.2) is 30.3 Å². The summed E-state index contributed by atoms with van der Waals surface area (Å²) in [6, 6.07) is 10.1. The third-order valence-electron chi connectivity index (χ3n) is 4.34. The summed E-state index contributed by atoms with van der Waals surface area (Å²) < 4.78 is 7.26. The number of carbonyl (C=O) groups excluding carboxylic acids is 1. The van der Waals surface area contributed by atoms with Crippen molar-refractivity contribution in [3.05, 3.63) is 41.6 Å². The molecule has 1 aliphatic rings. The molecular formula is C18H23N3O2. The summed E-state index contributed by atoms with van der Waals surface area (Å²) in [5, 5.41) is 4.43. The monoisotopic (exact) mass is 313 g/mol. The van der Waals surface area contributed by atoms with Crippen LogP contribution in [0.3, 0.4) is 0 Å². The summed E-state index contributed by atoms with van der Waals surface area (Å²) in [6.45, 7) is 7.83. The quantitative estimate of drug-likeness (QED) is 0.856. The number of aryl methyl sites for hydroxylation is 2. The fraction of sp³-hybridized carbons (Fsp3) is 0.444. The number of amides is 1. The van der Waals surface area contributed by atoms with E-state index in [4.69, 9.17) is 4.74 Å². The van der Waals surface area contributed by atoms with Crippen LogP contribution in [0.25, 0.3) is 11.3 Å². The first-order valence-corrected chi connectivity index (χ1v) is 7.89. The summed E-state index contributed by atoms with van der Waals surface area (Å²) in [5.41, 5.74) is 3.39. The first-order valence-electron chi connectivity index (χ1n) is 7.89. The minimum Gasteiger partial charge on any atom is -0.377 e. The number of carbonyl (C=O) groups is 1. The fourth-order valence-electron chi connectivity index (χ4n) is 2.94. The van der Waals surface area contributed by atoms with Crippen molar-refractivity contribution in [3.63, 3.8) is 0 Å². The van der Waals surface area contributed by atoms with Gasteiger partial charge in [0.2, 0.25) is 0 Å². The Morgan fingerprint density at radius 2 is 1.96 bits per heavy atom. The molecule has 5 nitrogen and oxygen atoms in total. The zero-order valence-corrected chi connectivity index (χ0v) is 14.2. The molecule has 5 heteroatoms. The molecule has 122 valence electrons. The van der Waals surface area contributed by atoms with Gasteiger partial charge >= 0.3 is 0 Å². The molecule has 2 aromatic rings. The number of benzene rings is 1. The second-order valence-electron chi connectivity index (χ2n) is 6.73. The molecule has 0 bridgehead atoms. The van der Waals surface area contributed by atoms with E-state index in [2.05, 4.69) is 36.3 Å². The van der Waals surface area contributed by atoms with Crippen molar-refractivity contribution in [2.45, 2.75) is 26.3 Å². The van der Waals surface area contributed by atoms with Crippen LogP contribution >= 0.6 is 0 Å². The van der Waals surface area contributed by atoms with Gasteiger partial charge < -0.3 is 9.64 Å². The Morgan fingerprint density at radius 3 is 2.61 bits per heavy atom. The lowest BCUT2D eigenvalue weighted by molar-refractivity contribution is -0.0373. The van der Waals surface area contributed by atoms with Crippen molar-refractivity contribution in [1.29, 1.82) is 0 Å². The van der Waals surface area contributed by atoms with Gasteiger partial charge in [-0.15, -0.1) is 0 Å². The van der Waals surface area contributed by atoms with Crippen LogP contribution in [0, 0.1) is 6.92 Å². The largest absolute Gasteiger partial charge is 0.377 e. The van der Waals surface area contributed by atoms with Crippen LogP contribution in [-0.4, -0.2) is 45.9 Å². The lowest BCUT2D eigenvalue weighted by atomic mass is 10.0. The number of nitrogens with zero attached hydrogens (tertiary/aromatic N) is 3. The van der Waals surface area contributed by atoms with Gasteiger partial charge in [0.1, 0.15) is 0 Å². The maximum atomic E-state index is 12.9. The Hall–Kier alpha value is -2.14. The number of ether oxygens (including phenoxy) is 1. The predicted molar refractivity (Wildman–Crippen MR) is 89.3 cm³/mol. The van der Waals surface area contributed by atoms with E-state index in [-0.39, 0.29) is 11.4 Å². The van der Waals surface area contributed by atoms with Gasteiger partial charge in [-0.1, -0.05) is 29.8 Å². The number of rotatable bonds is 2. The Balaban J connectivity index is 1.91. The average molecular weight is 313 g/mol. The summed E-state index contributed by atoms with van der Waals surface area (Å²) in [6.07, 6.45) is 0. The van der Waals surface area contributed by atoms with Crippen molar-refractivity contribution >= 4 is 5.91 Å². The van der Waals surface area contributed by atoms with E-state index >= 15 is 0 Å². The second-order valence-corrected chi connectivity index (χ2v) is 6.73. The highest BCUT2D eigenvalue weighted by atomic mass is 16.5. The Morgan fingerprint density at radius 1 is 1.26 bits per heavy atom. The van der Waals surface area contributed by atoms with Crippen LogP contribution in [0.5, 0.6) is 0 Å². The zero-order chi connectivity index (χ0) is 16.6. The highest BCUT2D eigenvalue weighted by Gasteiger charge is 2.35. The topological polar surface area (TPSA) is 47.4 Å². The first kappa shape index (κ1) is 15.7. The number of hydrogen-bond acceptors (Lipinski definition) is 3. The van der Waals surface area contributed by atoms with Crippen LogP contribution in [0.4, 0.5) is 0 Å². The maximum Gasteiger partial charge on any atom is 0.274 e. The summed E-state index contributed by atoms with van der Waals surface area (Å²) >= 11 is 0. The lowest BCUT2D eigenvalue weighted by Gasteiger charge is -2.41. The Kier molecular flexibility index (Phi) is 3.98. The minimum atomic E-state index is -0.309. The standard InChI is InChI=1S/C18H23N3O2/c1-13-5-7-14(8-6-13)16-11-15(19-20(16)4)17(22)21-9-10-23-12-18(21,2)3/h5-8,11H,9-10,12H2,1-4H3. The normalized spacial score (nSPS) is 17.3. The summed E-state index contributed by atoms with van der Waals surface area (Å²) in [5.74, 6) is -0.0349. The molecule has 0 unspecified atom stereocenters. The number of aromatic nitrogens is 2. The number of morpholine rings is 1. The smallest absolute Gasteiger partial charge is 0.274 e. The molecule has 23 heavy (non-hydrogen) atoms. The zero-order valence-electron chi connectivity index (χ0n) is 14.2. The molecule has 1 aliphatic heterocycles. The van der Waals surface area contributed by atoms with Crippen LogP contribution < -0.4 is 0 Å². The van der Waals surface area contributed by atoms with Crippen LogP contribution in [0.2, 0.25) is 0 Å². The molecule has 0 atom stereocenters. The van der Waals surface area contributed by atoms with Crippen LogP contribution in [0.1, 0.15) is 29.9 Å². The Labute approximate surface area is 136 Å². The molecule has 0 spiro atoms. The van der Waals surface area contributed by atoms with Crippen molar-refractivity contribution in [3.8, 4) is 11.3 Å². The Bertz CT molecular complexity index is 716. The van der Waals surface area contributed by atoms with Crippen molar-refractivity contribution in [2.24, 2.45) is 7.05 Å². The molecular weight excluding hydrogens is 290 g/mol. The van der Waals surface area contributed by atoms with Crippen molar-refractivity contribution < 1.29 is 9.53 Å². The molecule has 1 aromatic heterocycles. The second kappa shape index (κ2) is 5.81. The van der Waals surface area contributed by atoms with Gasteiger partial charge in [0.25, 0.3) is 5.91 Å². The predicted octanol–water partition coefficient (Wildman–Crippen LogP) is 2.65. The molecule has 0 saturated carbocycles. The molecule has 0 radical (unpaired) electrons. The van der Waals surface area contributed by atoms with E-state index in [1.807, 2.05) is 31.9 Å². The molecule has 1 aromatic carbocycles. The SMILES string of the molecule is Cc1ccc(-c2cc(C(=O)N3CCOCC3(C)C)nn2C)cc1. The minimum absolute atomic E-state index is 0.0349. The van der Waals surface area contributed by atoms with Gasteiger partial charge in [0.05, 0.1) is 24.4 Å². The maximum absolute atomic E-state index is 12.9. The van der Waals surface area contributed by atoms with E-state index in [9.17, 15) is 4.79 Å². The third-order valence-corrected chi connectivity index (χ3v) is 4.34. The molecule has 0 aliphatic carbocycles. The summed E-state index contributed by atoms with van der Waals surface area (Å²) in [7, 11) is 1.87. The van der Waals surface area contributed by atoms with Crippen LogP contribution in [-0.2, 0) is 11.8 Å². The van der Waals surface area contributed by atoms with Gasteiger partial charge in [-0.3, -0.25) is 9.48 Å². The van der Waals surface area contributed by atoms with E-state index in [0.29, 0.717) is 25.5 Å². The van der Waals surface area contributed by atoms with Gasteiger partial charge in [-0.25, -0.2) is 0 Å². The molecule has 1 saturated heterocycles. The molecule has 1 amide bonds. The molecule has 3 rings (SSSR count). The van der Waals surface area contributed by atoms with Crippen molar-refractivity contribution in [2.75, 3.05) is 19.8 Å². The van der Waals surface area contributed by atoms with E-state index < -0.39 is 0 Å². The third kappa shape index (κ3) is 3.01. The van der Waals surface area contributed by atoms with Gasteiger partial charge in [0, 0.05) is 13.6 Å². The highest BCUT2D eigenvalue weighted by Crippen LogP contribution is 2.24. The van der Waals surface area contributed by atoms with Gasteiger partial charge in [-0.2, -0.15) is 5.10 Å². The first-order chi connectivity index (χ1) is 10.9. The van der Waals surface area contributed by atoms with Gasteiger partial charge in [-0.05, 0) is 32.4 Å². The lowest BCUT2D eigenvalue weighted by Crippen LogP contribution is -2.55. The average Bonchev–Trinajstić information content (AvgIpc) is 2.89. The molecule has 0 N–H and O–H groups in total. The van der Waals surface area contributed by atoms with E-state index in [1.165, 1.54) is 5.56 Å². The molecule has 1 fully saturated rings. The fourth-order valence-corrected chi connectivity index (χ4v) is 2.94. The molecule has 2 heterocycles. The number of hydrogen-bond donors (Lipinski definition) is 0. The van der Waals surface area contributed by atoms with E-state index in [1.54, 1.807) is 4.68 Å². The summed E-state index contributed by atoms with van der Waals surface area (Å²) in [4.78, 5) is 14.7.